The van der Waals surface area contributed by atoms with E-state index in [2.05, 4.69) is 9.97 Å². The van der Waals surface area contributed by atoms with Gasteiger partial charge in [-0.1, -0.05) is 0 Å². The third kappa shape index (κ3) is 2.59. The largest absolute Gasteiger partial charge is 0.493 e. The van der Waals surface area contributed by atoms with Crippen LogP contribution in [0.4, 0.5) is 0 Å². The average molecular weight is 344 g/mol. The Hall–Kier alpha value is -3.03. The summed E-state index contributed by atoms with van der Waals surface area (Å²) in [5, 5.41) is 0. The van der Waals surface area contributed by atoms with Gasteiger partial charge in [-0.05, 0) is 32.0 Å². The molecule has 0 aliphatic rings. The summed E-state index contributed by atoms with van der Waals surface area (Å²) in [6.45, 7) is 4.33. The summed E-state index contributed by atoms with van der Waals surface area (Å²) < 4.78 is 13.2. The maximum Gasteiger partial charge on any atom is 0.332 e. The van der Waals surface area contributed by atoms with Crippen LogP contribution < -0.4 is 20.7 Å². The molecular weight excluding hydrogens is 324 g/mol. The number of fused-ring (bicyclic) bond motifs is 1. The number of aromatic nitrogens is 4. The van der Waals surface area contributed by atoms with E-state index < -0.39 is 0 Å². The van der Waals surface area contributed by atoms with Crippen LogP contribution in [0, 0.1) is 0 Å². The molecule has 0 saturated carbocycles. The van der Waals surface area contributed by atoms with Crippen LogP contribution in [0.2, 0.25) is 0 Å². The zero-order valence-corrected chi connectivity index (χ0v) is 14.6. The molecule has 0 fully saturated rings. The van der Waals surface area contributed by atoms with Crippen LogP contribution in [0.1, 0.15) is 13.8 Å². The lowest BCUT2D eigenvalue weighted by molar-refractivity contribution is 0.355. The molecule has 1 aromatic carbocycles. The van der Waals surface area contributed by atoms with Crippen LogP contribution in [0.15, 0.2) is 27.8 Å². The number of nitrogens with zero attached hydrogens (tertiary/aromatic N) is 3. The van der Waals surface area contributed by atoms with E-state index in [1.54, 1.807) is 33.3 Å². The van der Waals surface area contributed by atoms with Gasteiger partial charge < -0.3 is 14.5 Å². The molecule has 8 heteroatoms. The summed E-state index contributed by atoms with van der Waals surface area (Å²) in [7, 11) is 3.11. The molecule has 8 nitrogen and oxygen atoms in total. The average Bonchev–Trinajstić information content (AvgIpc) is 3.07. The van der Waals surface area contributed by atoms with Crippen molar-refractivity contribution in [3.8, 4) is 22.9 Å². The number of hydrogen-bond donors (Lipinski definition) is 1. The first-order valence-electron chi connectivity index (χ1n) is 8.01. The molecule has 0 spiro atoms. The minimum absolute atomic E-state index is 0.304. The van der Waals surface area contributed by atoms with Gasteiger partial charge in [-0.25, -0.2) is 9.78 Å². The smallest absolute Gasteiger partial charge is 0.332 e. The van der Waals surface area contributed by atoms with Gasteiger partial charge in [0.25, 0.3) is 5.56 Å². The summed E-state index contributed by atoms with van der Waals surface area (Å²) in [5.41, 5.74) is 0.672. The van der Waals surface area contributed by atoms with E-state index in [1.165, 1.54) is 9.13 Å². The predicted molar refractivity (Wildman–Crippen MR) is 94.5 cm³/mol. The Kier molecular flexibility index (Phi) is 4.35. The van der Waals surface area contributed by atoms with Gasteiger partial charge in [0, 0.05) is 18.7 Å². The molecule has 0 atom stereocenters. The Morgan fingerprint density at radius 3 is 2.32 bits per heavy atom. The molecule has 3 aromatic rings. The van der Waals surface area contributed by atoms with Crippen LogP contribution >= 0.6 is 0 Å². The van der Waals surface area contributed by atoms with Crippen LogP contribution in [-0.2, 0) is 13.1 Å². The van der Waals surface area contributed by atoms with Gasteiger partial charge in [0.2, 0.25) is 0 Å². The number of aryl methyl sites for hydroxylation is 1. The number of methoxy groups -OCH3 is 2. The van der Waals surface area contributed by atoms with Crippen LogP contribution in [-0.4, -0.2) is 33.3 Å². The Balaban J connectivity index is 2.28. The van der Waals surface area contributed by atoms with Gasteiger partial charge in [-0.15, -0.1) is 0 Å². The molecule has 0 aliphatic carbocycles. The second kappa shape index (κ2) is 6.46. The number of imidazole rings is 1. The first-order chi connectivity index (χ1) is 12.0. The van der Waals surface area contributed by atoms with Crippen molar-refractivity contribution in [2.75, 3.05) is 14.2 Å². The van der Waals surface area contributed by atoms with Gasteiger partial charge in [0.05, 0.1) is 14.2 Å². The Morgan fingerprint density at radius 1 is 1.04 bits per heavy atom. The monoisotopic (exact) mass is 344 g/mol. The first-order valence-corrected chi connectivity index (χ1v) is 8.01. The molecule has 1 N–H and O–H groups in total. The van der Waals surface area contributed by atoms with Gasteiger partial charge in [0.15, 0.2) is 17.1 Å². The molecule has 2 heterocycles. The number of aromatic amines is 1. The zero-order chi connectivity index (χ0) is 18.1. The van der Waals surface area contributed by atoms with Crippen LogP contribution in [0.25, 0.3) is 22.6 Å². The summed E-state index contributed by atoms with van der Waals surface area (Å²) in [6, 6.07) is 5.34. The number of rotatable bonds is 5. The van der Waals surface area contributed by atoms with Crippen LogP contribution in [0.3, 0.4) is 0 Å². The minimum atomic E-state index is -0.369. The fraction of sp³-hybridized carbons (Fsp3) is 0.353. The number of benzene rings is 1. The van der Waals surface area contributed by atoms with E-state index >= 15 is 0 Å². The van der Waals surface area contributed by atoms with E-state index in [9.17, 15) is 9.59 Å². The van der Waals surface area contributed by atoms with Gasteiger partial charge in [-0.3, -0.25) is 13.9 Å². The predicted octanol–water partition coefficient (Wildman–Crippen LogP) is 1.61. The van der Waals surface area contributed by atoms with Crippen molar-refractivity contribution in [2.45, 2.75) is 26.9 Å². The topological polar surface area (TPSA) is 91.1 Å². The lowest BCUT2D eigenvalue weighted by Gasteiger charge is -2.08. The van der Waals surface area contributed by atoms with Crippen molar-refractivity contribution in [1.29, 1.82) is 0 Å². The van der Waals surface area contributed by atoms with E-state index in [0.717, 1.165) is 5.56 Å². The highest BCUT2D eigenvalue weighted by atomic mass is 16.5. The summed E-state index contributed by atoms with van der Waals surface area (Å²) in [4.78, 5) is 32.5. The van der Waals surface area contributed by atoms with Gasteiger partial charge >= 0.3 is 5.69 Å². The Morgan fingerprint density at radius 2 is 1.72 bits per heavy atom. The number of hydrogen-bond acceptors (Lipinski definition) is 5. The standard InChI is InChI=1S/C17H20N4O4/c1-5-20-15-13(16(22)21(6-2)17(20)23)18-14(19-15)10-7-8-11(24-3)12(9-10)25-4/h7-9H,5-6H2,1-4H3,(H,18,19). The zero-order valence-electron chi connectivity index (χ0n) is 14.6. The molecule has 0 saturated heterocycles. The highest BCUT2D eigenvalue weighted by Crippen LogP contribution is 2.31. The normalized spacial score (nSPS) is 11.0. The lowest BCUT2D eigenvalue weighted by atomic mass is 10.2. The van der Waals surface area contributed by atoms with Gasteiger partial charge in [-0.2, -0.15) is 0 Å². The fourth-order valence-electron chi connectivity index (χ4n) is 2.85. The molecule has 0 amide bonds. The van der Waals surface area contributed by atoms with E-state index in [-0.39, 0.29) is 11.2 Å². The maximum absolute atomic E-state index is 12.6. The molecule has 132 valence electrons. The highest BCUT2D eigenvalue weighted by Gasteiger charge is 2.17. The van der Waals surface area contributed by atoms with Crippen molar-refractivity contribution < 1.29 is 9.47 Å². The molecule has 0 radical (unpaired) electrons. The number of nitrogens with one attached hydrogen (secondary N) is 1. The maximum atomic E-state index is 12.6. The van der Waals surface area contributed by atoms with Crippen molar-refractivity contribution in [3.63, 3.8) is 0 Å². The van der Waals surface area contributed by atoms with Crippen LogP contribution in [0.5, 0.6) is 11.5 Å². The summed E-state index contributed by atoms with van der Waals surface area (Å²) in [5.74, 6) is 1.64. The molecular formula is C17H20N4O4. The quantitative estimate of drug-likeness (QED) is 0.759. The molecule has 0 bridgehead atoms. The molecule has 25 heavy (non-hydrogen) atoms. The van der Waals surface area contributed by atoms with E-state index in [0.29, 0.717) is 41.6 Å². The highest BCUT2D eigenvalue weighted by molar-refractivity contribution is 5.76. The number of ether oxygens (including phenoxy) is 2. The molecule has 0 aliphatic heterocycles. The van der Waals surface area contributed by atoms with E-state index in [4.69, 9.17) is 9.47 Å². The lowest BCUT2D eigenvalue weighted by Crippen LogP contribution is -2.39. The van der Waals surface area contributed by atoms with E-state index in [1.807, 2.05) is 13.0 Å². The Bertz CT molecular complexity index is 1050. The first kappa shape index (κ1) is 16.8. The minimum Gasteiger partial charge on any atom is -0.493 e. The third-order valence-electron chi connectivity index (χ3n) is 4.15. The van der Waals surface area contributed by atoms with Gasteiger partial charge in [0.1, 0.15) is 11.3 Å². The second-order valence-electron chi connectivity index (χ2n) is 5.43. The molecule has 2 aromatic heterocycles. The summed E-state index contributed by atoms with van der Waals surface area (Å²) >= 11 is 0. The summed E-state index contributed by atoms with van der Waals surface area (Å²) in [6.07, 6.45) is 0. The van der Waals surface area contributed by atoms with Crippen molar-refractivity contribution >= 4 is 11.2 Å². The van der Waals surface area contributed by atoms with Crippen molar-refractivity contribution in [3.05, 3.63) is 39.0 Å². The fourth-order valence-corrected chi connectivity index (χ4v) is 2.85. The molecule has 0 unspecified atom stereocenters. The SMILES string of the molecule is CCn1c(=O)c2[nH]c(-c3ccc(OC)c(OC)c3)nc2n(CC)c1=O. The van der Waals surface area contributed by atoms with Crippen molar-refractivity contribution in [1.82, 2.24) is 19.1 Å². The number of H-pyrrole nitrogens is 1. The second-order valence-corrected chi connectivity index (χ2v) is 5.43. The van der Waals surface area contributed by atoms with Crippen molar-refractivity contribution in [2.24, 2.45) is 0 Å². The third-order valence-corrected chi connectivity index (χ3v) is 4.15. The molecule has 3 rings (SSSR count). The Labute approximate surface area is 143 Å².